The van der Waals surface area contributed by atoms with Gasteiger partial charge in [0.05, 0.1) is 24.6 Å². The number of aliphatic hydroxyl groups excluding tert-OH is 1. The van der Waals surface area contributed by atoms with Gasteiger partial charge < -0.3 is 25.4 Å². The molecule has 1 saturated carbocycles. The average Bonchev–Trinajstić information content (AvgIpc) is 3.77. The van der Waals surface area contributed by atoms with Crippen LogP contribution in [0.4, 0.5) is 4.39 Å². The molecule has 0 amide bonds. The van der Waals surface area contributed by atoms with Gasteiger partial charge in [0.1, 0.15) is 18.0 Å². The first-order valence-corrected chi connectivity index (χ1v) is 13.2. The van der Waals surface area contributed by atoms with Crippen LogP contribution in [0.3, 0.4) is 0 Å². The third-order valence-corrected chi connectivity index (χ3v) is 7.37. The van der Waals surface area contributed by atoms with Crippen LogP contribution in [0, 0.1) is 11.7 Å². The minimum absolute atomic E-state index is 0.0599. The van der Waals surface area contributed by atoms with Gasteiger partial charge >= 0.3 is 0 Å². The summed E-state index contributed by atoms with van der Waals surface area (Å²) in [7, 11) is 1.48. The van der Waals surface area contributed by atoms with Crippen LogP contribution < -0.4 is 15.2 Å². The van der Waals surface area contributed by atoms with Crippen molar-refractivity contribution in [3.8, 4) is 22.8 Å². The minimum atomic E-state index is -1.43. The van der Waals surface area contributed by atoms with Gasteiger partial charge in [-0.05, 0) is 106 Å². The third kappa shape index (κ3) is 6.82. The normalized spacial score (nSPS) is 17.1. The molecule has 0 aliphatic heterocycles. The fraction of sp³-hybridized carbons (Fsp3) is 0.419. The van der Waals surface area contributed by atoms with Crippen LogP contribution in [0.15, 0.2) is 54.6 Å². The number of nitrogens with zero attached hydrogens (tertiary/aromatic N) is 1. The second-order valence-corrected chi connectivity index (χ2v) is 10.9. The van der Waals surface area contributed by atoms with E-state index in [2.05, 4.69) is 0 Å². The lowest BCUT2D eigenvalue weighted by Crippen LogP contribution is -2.36. The molecule has 4 N–H and O–H groups in total. The Hall–Kier alpha value is -3.33. The van der Waals surface area contributed by atoms with Crippen LogP contribution >= 0.6 is 0 Å². The van der Waals surface area contributed by atoms with Gasteiger partial charge in [-0.1, -0.05) is 0 Å². The van der Waals surface area contributed by atoms with Crippen molar-refractivity contribution in [3.63, 3.8) is 0 Å². The molecule has 208 valence electrons. The molecular weight excluding hydrogens is 499 g/mol. The Kier molecular flexibility index (Phi) is 8.39. The number of rotatable bonds is 12. The van der Waals surface area contributed by atoms with E-state index in [4.69, 9.17) is 20.2 Å². The van der Waals surface area contributed by atoms with E-state index in [1.807, 2.05) is 19.1 Å². The molecule has 2 aromatic carbocycles. The number of hydrogen-bond donors (Lipinski definition) is 3. The van der Waals surface area contributed by atoms with Gasteiger partial charge in [0, 0.05) is 23.1 Å². The Labute approximate surface area is 228 Å². The molecule has 1 aromatic heterocycles. The number of ketones is 1. The van der Waals surface area contributed by atoms with E-state index >= 15 is 0 Å². The van der Waals surface area contributed by atoms with Crippen LogP contribution in [-0.4, -0.2) is 40.8 Å². The predicted octanol–water partition coefficient (Wildman–Crippen LogP) is 5.11. The van der Waals surface area contributed by atoms with Crippen LogP contribution in [0.2, 0.25) is 0 Å². The lowest BCUT2D eigenvalue weighted by molar-refractivity contribution is 0.0396. The molecule has 0 radical (unpaired) electrons. The molecule has 0 bridgehead atoms. The van der Waals surface area contributed by atoms with Crippen LogP contribution in [0.5, 0.6) is 11.5 Å². The van der Waals surface area contributed by atoms with E-state index < -0.39 is 17.2 Å². The largest absolute Gasteiger partial charge is 0.493 e. The van der Waals surface area contributed by atoms with E-state index in [1.165, 1.54) is 19.2 Å². The standard InChI is InChI=1S/C31H37FN2O5/c1-19(35)18-39-27-12-7-21(15-28(27)38-4)26(36)13-14-30(2,37)29-17-23(31(3,33)22-8-9-22)16-25(34-29)20-5-10-24(32)11-6-20/h5-7,10-12,15-17,19,22,35,37H,8-9,13-14,18,33H2,1-4H3/t19-,30?,31?/m1/s1. The highest BCUT2D eigenvalue weighted by atomic mass is 19.1. The number of carbonyl (C=O) groups excluding carboxylic acids is 1. The van der Waals surface area contributed by atoms with Gasteiger partial charge in [0.15, 0.2) is 17.3 Å². The molecule has 1 aliphatic carbocycles. The van der Waals surface area contributed by atoms with Crippen molar-refractivity contribution in [2.45, 2.75) is 63.7 Å². The van der Waals surface area contributed by atoms with Crippen molar-refractivity contribution in [1.29, 1.82) is 0 Å². The highest BCUT2D eigenvalue weighted by Crippen LogP contribution is 2.45. The van der Waals surface area contributed by atoms with Crippen molar-refractivity contribution in [3.05, 3.63) is 77.2 Å². The van der Waals surface area contributed by atoms with Gasteiger partial charge in [0.2, 0.25) is 0 Å². The fourth-order valence-corrected chi connectivity index (χ4v) is 4.60. The number of nitrogens with two attached hydrogens (primary N) is 1. The number of methoxy groups -OCH3 is 1. The van der Waals surface area contributed by atoms with Crippen LogP contribution in [0.1, 0.15) is 68.1 Å². The summed E-state index contributed by atoms with van der Waals surface area (Å²) in [6.45, 7) is 5.34. The van der Waals surface area contributed by atoms with E-state index in [1.54, 1.807) is 44.2 Å². The molecular formula is C31H37FN2O5. The Bertz CT molecular complexity index is 1320. The van der Waals surface area contributed by atoms with E-state index in [9.17, 15) is 19.4 Å². The summed E-state index contributed by atoms with van der Waals surface area (Å²) in [5.41, 5.74) is 7.68. The molecule has 39 heavy (non-hydrogen) atoms. The molecule has 4 rings (SSSR count). The Morgan fingerprint density at radius 3 is 2.44 bits per heavy atom. The molecule has 7 nitrogen and oxygen atoms in total. The summed E-state index contributed by atoms with van der Waals surface area (Å²) in [5, 5.41) is 21.0. The Morgan fingerprint density at radius 2 is 1.82 bits per heavy atom. The maximum Gasteiger partial charge on any atom is 0.163 e. The first-order chi connectivity index (χ1) is 18.4. The number of aliphatic hydroxyl groups is 2. The van der Waals surface area contributed by atoms with Gasteiger partial charge in [-0.15, -0.1) is 0 Å². The van der Waals surface area contributed by atoms with Crippen molar-refractivity contribution >= 4 is 5.78 Å². The van der Waals surface area contributed by atoms with Crippen molar-refractivity contribution in [2.24, 2.45) is 11.7 Å². The number of halogens is 1. The number of aromatic nitrogens is 1. The van der Waals surface area contributed by atoms with Gasteiger partial charge in [-0.3, -0.25) is 4.79 Å². The number of Topliss-reactive ketones (excluding diaryl/α,β-unsaturated/α-hetero) is 1. The maximum absolute atomic E-state index is 13.6. The summed E-state index contributed by atoms with van der Waals surface area (Å²) >= 11 is 0. The molecule has 1 fully saturated rings. The van der Waals surface area contributed by atoms with Crippen molar-refractivity contribution < 1.29 is 28.9 Å². The van der Waals surface area contributed by atoms with E-state index in [-0.39, 0.29) is 31.0 Å². The number of ether oxygens (including phenoxy) is 2. The molecule has 8 heteroatoms. The molecule has 2 unspecified atom stereocenters. The average molecular weight is 537 g/mol. The second-order valence-electron chi connectivity index (χ2n) is 10.9. The zero-order valence-electron chi connectivity index (χ0n) is 22.9. The third-order valence-electron chi connectivity index (χ3n) is 7.37. The lowest BCUT2D eigenvalue weighted by atomic mass is 9.84. The predicted molar refractivity (Wildman–Crippen MR) is 147 cm³/mol. The zero-order chi connectivity index (χ0) is 28.4. The first-order valence-electron chi connectivity index (χ1n) is 13.2. The van der Waals surface area contributed by atoms with Gasteiger partial charge in [-0.2, -0.15) is 0 Å². The molecule has 1 aliphatic rings. The molecule has 0 spiro atoms. The molecule has 3 aromatic rings. The lowest BCUT2D eigenvalue weighted by Gasteiger charge is -2.29. The number of carbonyl (C=O) groups is 1. The summed E-state index contributed by atoms with van der Waals surface area (Å²) in [4.78, 5) is 17.8. The van der Waals surface area contributed by atoms with Crippen LogP contribution in [-0.2, 0) is 11.1 Å². The quantitative estimate of drug-likeness (QED) is 0.276. The zero-order valence-corrected chi connectivity index (χ0v) is 22.9. The number of pyridine rings is 1. The van der Waals surface area contributed by atoms with E-state index in [0.717, 1.165) is 18.4 Å². The maximum atomic E-state index is 13.6. The second kappa shape index (κ2) is 11.4. The highest BCUT2D eigenvalue weighted by Gasteiger charge is 2.41. The summed E-state index contributed by atoms with van der Waals surface area (Å²) in [5.74, 6) is 0.627. The van der Waals surface area contributed by atoms with E-state index in [0.29, 0.717) is 39.9 Å². The van der Waals surface area contributed by atoms with Crippen molar-refractivity contribution in [1.82, 2.24) is 4.98 Å². The molecule has 3 atom stereocenters. The number of hydrogen-bond acceptors (Lipinski definition) is 7. The topological polar surface area (TPSA) is 115 Å². The fourth-order valence-electron chi connectivity index (χ4n) is 4.60. The SMILES string of the molecule is COc1cc(C(=O)CCC(C)(O)c2cc(C(C)(N)C3CC3)cc(-c3ccc(F)cc3)n2)ccc1OC[C@@H](C)O. The molecule has 0 saturated heterocycles. The van der Waals surface area contributed by atoms with Gasteiger partial charge in [-0.25, -0.2) is 9.37 Å². The minimum Gasteiger partial charge on any atom is -0.493 e. The summed E-state index contributed by atoms with van der Waals surface area (Å²) in [6, 6.07) is 14.6. The molecule has 1 heterocycles. The van der Waals surface area contributed by atoms with Crippen LogP contribution in [0.25, 0.3) is 11.3 Å². The highest BCUT2D eigenvalue weighted by molar-refractivity contribution is 5.96. The van der Waals surface area contributed by atoms with Gasteiger partial charge in [0.25, 0.3) is 0 Å². The summed E-state index contributed by atoms with van der Waals surface area (Å²) < 4.78 is 24.5. The monoisotopic (exact) mass is 536 g/mol. The number of benzene rings is 2. The first kappa shape index (κ1) is 28.7. The smallest absolute Gasteiger partial charge is 0.163 e. The Balaban J connectivity index is 1.57. The van der Waals surface area contributed by atoms with Crippen molar-refractivity contribution in [2.75, 3.05) is 13.7 Å². The summed E-state index contributed by atoms with van der Waals surface area (Å²) in [6.07, 6.45) is 1.61. The Morgan fingerprint density at radius 1 is 1.13 bits per heavy atom.